The molecule has 0 N–H and O–H groups in total. The van der Waals surface area contributed by atoms with Gasteiger partial charge in [-0.1, -0.05) is 45.0 Å². The molecular weight excluding hydrogens is 456 g/mol. The molecule has 0 radical (unpaired) electrons. The summed E-state index contributed by atoms with van der Waals surface area (Å²) in [5, 5.41) is 0. The standard InChI is InChI=1S/C30H38O6/c1-19(25(31)33-4)22-10-11-23-27(22,2)14-13-24-28(3)15-12-21(34-26(32)20-8-6-5-7-9-20)18-29(28)16-17-30(23,24)36-35-29/h5-9,13,19,21-23H,10-12,14-18H2,1-4H3/t19-,21+,22-,23-,27+,28-,29-,30-/m0/s1. The summed E-state index contributed by atoms with van der Waals surface area (Å²) >= 11 is 0. The van der Waals surface area contributed by atoms with E-state index in [9.17, 15) is 9.59 Å². The Balaban J connectivity index is 1.27. The zero-order valence-corrected chi connectivity index (χ0v) is 21.9. The van der Waals surface area contributed by atoms with Crippen LogP contribution in [0, 0.1) is 28.6 Å². The number of hydrogen-bond donors (Lipinski definition) is 0. The molecule has 3 saturated carbocycles. The molecular formula is C30H38O6. The molecule has 1 aromatic carbocycles. The number of hydrogen-bond acceptors (Lipinski definition) is 6. The molecule has 6 nitrogen and oxygen atoms in total. The highest BCUT2D eigenvalue weighted by molar-refractivity contribution is 5.89. The van der Waals surface area contributed by atoms with Crippen LogP contribution >= 0.6 is 0 Å². The number of methoxy groups -OCH3 is 1. The van der Waals surface area contributed by atoms with Gasteiger partial charge in [0.15, 0.2) is 0 Å². The van der Waals surface area contributed by atoms with E-state index in [4.69, 9.17) is 19.2 Å². The molecule has 36 heavy (non-hydrogen) atoms. The maximum absolute atomic E-state index is 12.8. The van der Waals surface area contributed by atoms with E-state index in [0.717, 1.165) is 44.9 Å². The topological polar surface area (TPSA) is 71.1 Å². The van der Waals surface area contributed by atoms with Gasteiger partial charge in [0.25, 0.3) is 0 Å². The van der Waals surface area contributed by atoms with Crippen LogP contribution in [0.2, 0.25) is 0 Å². The molecule has 4 aliphatic carbocycles. The number of fused-ring (bicyclic) bond motifs is 3. The molecule has 6 heteroatoms. The monoisotopic (exact) mass is 494 g/mol. The third-order valence-electron chi connectivity index (χ3n) is 11.0. The predicted molar refractivity (Wildman–Crippen MR) is 133 cm³/mol. The summed E-state index contributed by atoms with van der Waals surface area (Å²) in [5.74, 6) is 0.0554. The number of carbonyl (C=O) groups excluding carboxylic acids is 2. The van der Waals surface area contributed by atoms with Crippen LogP contribution in [0.15, 0.2) is 42.0 Å². The fourth-order valence-electron chi connectivity index (χ4n) is 9.06. The van der Waals surface area contributed by atoms with Gasteiger partial charge in [0.05, 0.1) is 18.6 Å². The Morgan fingerprint density at radius 3 is 2.50 bits per heavy atom. The molecule has 2 aliphatic heterocycles. The van der Waals surface area contributed by atoms with E-state index in [1.807, 2.05) is 25.1 Å². The number of ether oxygens (including phenoxy) is 2. The quantitative estimate of drug-likeness (QED) is 0.299. The molecule has 2 spiro atoms. The highest BCUT2D eigenvalue weighted by Crippen LogP contribution is 2.73. The Bertz CT molecular complexity index is 1090. The number of esters is 2. The van der Waals surface area contributed by atoms with Crippen molar-refractivity contribution in [2.75, 3.05) is 7.11 Å². The van der Waals surface area contributed by atoms with Gasteiger partial charge in [0.1, 0.15) is 17.3 Å². The minimum absolute atomic E-state index is 0.0312. The highest BCUT2D eigenvalue weighted by Gasteiger charge is 2.74. The minimum Gasteiger partial charge on any atom is -0.469 e. The van der Waals surface area contributed by atoms with Crippen LogP contribution in [0.3, 0.4) is 0 Å². The molecule has 0 aromatic heterocycles. The number of rotatable bonds is 4. The minimum atomic E-state index is -0.481. The lowest BCUT2D eigenvalue weighted by Crippen LogP contribution is -2.71. The first-order valence-electron chi connectivity index (χ1n) is 13.6. The Morgan fingerprint density at radius 2 is 1.81 bits per heavy atom. The van der Waals surface area contributed by atoms with Gasteiger partial charge in [-0.2, -0.15) is 0 Å². The molecule has 2 heterocycles. The maximum Gasteiger partial charge on any atom is 0.338 e. The normalized spacial score (nSPS) is 43.4. The zero-order chi connectivity index (χ0) is 25.3. The molecule has 2 saturated heterocycles. The summed E-state index contributed by atoms with van der Waals surface area (Å²) in [5.41, 5.74) is 0.892. The highest BCUT2D eigenvalue weighted by atomic mass is 17.2. The Labute approximate surface area is 213 Å². The smallest absolute Gasteiger partial charge is 0.338 e. The van der Waals surface area contributed by atoms with Crippen molar-refractivity contribution >= 4 is 11.9 Å². The van der Waals surface area contributed by atoms with Gasteiger partial charge in [-0.3, -0.25) is 4.79 Å². The van der Waals surface area contributed by atoms with Crippen LogP contribution in [0.25, 0.3) is 0 Å². The second kappa shape index (κ2) is 8.16. The van der Waals surface area contributed by atoms with Crippen molar-refractivity contribution in [2.24, 2.45) is 28.6 Å². The van der Waals surface area contributed by atoms with E-state index in [1.54, 1.807) is 12.1 Å². The number of allylic oxidation sites excluding steroid dienone is 1. The number of carbonyl (C=O) groups is 2. The third-order valence-corrected chi connectivity index (χ3v) is 11.0. The van der Waals surface area contributed by atoms with Crippen molar-refractivity contribution in [3.8, 4) is 0 Å². The Hall–Kier alpha value is -2.18. The summed E-state index contributed by atoms with van der Waals surface area (Å²) in [4.78, 5) is 38.2. The first kappa shape index (κ1) is 24.2. The first-order valence-corrected chi connectivity index (χ1v) is 13.6. The summed E-state index contributed by atoms with van der Waals surface area (Å²) in [6.45, 7) is 6.71. The maximum atomic E-state index is 12.8. The van der Waals surface area contributed by atoms with Crippen molar-refractivity contribution in [1.29, 1.82) is 0 Å². The van der Waals surface area contributed by atoms with Gasteiger partial charge in [0, 0.05) is 17.8 Å². The van der Waals surface area contributed by atoms with Gasteiger partial charge in [0.2, 0.25) is 0 Å². The lowest BCUT2D eigenvalue weighted by Gasteiger charge is -2.69. The van der Waals surface area contributed by atoms with Gasteiger partial charge in [-0.25, -0.2) is 14.6 Å². The van der Waals surface area contributed by atoms with Crippen molar-refractivity contribution < 1.29 is 28.8 Å². The fourth-order valence-corrected chi connectivity index (χ4v) is 9.06. The largest absolute Gasteiger partial charge is 0.469 e. The second-order valence-corrected chi connectivity index (χ2v) is 12.4. The van der Waals surface area contributed by atoms with Gasteiger partial charge in [-0.05, 0) is 74.0 Å². The van der Waals surface area contributed by atoms with E-state index in [0.29, 0.717) is 17.9 Å². The van der Waals surface area contributed by atoms with Crippen LogP contribution in [-0.2, 0) is 24.0 Å². The van der Waals surface area contributed by atoms with E-state index in [2.05, 4.69) is 19.9 Å². The lowest BCUT2D eigenvalue weighted by atomic mass is 9.44. The predicted octanol–water partition coefficient (Wildman–Crippen LogP) is 5.81. The van der Waals surface area contributed by atoms with E-state index in [-0.39, 0.29) is 40.7 Å². The molecule has 0 amide bonds. The molecule has 8 atom stereocenters. The van der Waals surface area contributed by atoms with Gasteiger partial charge < -0.3 is 9.47 Å². The zero-order valence-electron chi connectivity index (χ0n) is 21.9. The average Bonchev–Trinajstić information content (AvgIpc) is 3.26. The van der Waals surface area contributed by atoms with E-state index >= 15 is 0 Å². The Kier molecular flexibility index (Phi) is 5.48. The van der Waals surface area contributed by atoms with E-state index < -0.39 is 11.2 Å². The molecule has 7 rings (SSSR count). The van der Waals surface area contributed by atoms with Crippen molar-refractivity contribution in [3.63, 3.8) is 0 Å². The summed E-state index contributed by atoms with van der Waals surface area (Å²) < 4.78 is 11.1. The molecule has 6 aliphatic rings. The molecule has 1 aromatic rings. The van der Waals surface area contributed by atoms with E-state index in [1.165, 1.54) is 12.7 Å². The molecule has 5 fully saturated rings. The van der Waals surface area contributed by atoms with Crippen molar-refractivity contribution in [3.05, 3.63) is 47.5 Å². The number of benzene rings is 1. The van der Waals surface area contributed by atoms with Gasteiger partial charge >= 0.3 is 11.9 Å². The lowest BCUT2D eigenvalue weighted by molar-refractivity contribution is -0.494. The third kappa shape index (κ3) is 3.10. The van der Waals surface area contributed by atoms with Gasteiger partial charge in [-0.15, -0.1) is 0 Å². The van der Waals surface area contributed by atoms with Crippen LogP contribution in [-0.4, -0.2) is 36.4 Å². The average molecular weight is 495 g/mol. The van der Waals surface area contributed by atoms with Crippen LogP contribution in [0.4, 0.5) is 0 Å². The van der Waals surface area contributed by atoms with Crippen molar-refractivity contribution in [2.45, 2.75) is 89.4 Å². The van der Waals surface area contributed by atoms with Crippen LogP contribution < -0.4 is 0 Å². The fraction of sp³-hybridized carbons (Fsp3) is 0.667. The summed E-state index contributed by atoms with van der Waals surface area (Å²) in [6, 6.07) is 9.20. The Morgan fingerprint density at radius 1 is 1.03 bits per heavy atom. The summed E-state index contributed by atoms with van der Waals surface area (Å²) in [7, 11) is 1.48. The molecule has 2 bridgehead atoms. The molecule has 194 valence electrons. The SMILES string of the molecule is COC(=O)[C@@H](C)[C@@H]1CC[C@H]2[C@]1(C)CC=C1[C@]3(C)CC[C@@H](OC(=O)c4ccccc4)C[C@@]34CC[C@@]12OO4. The molecule has 0 unspecified atom stereocenters. The second-order valence-electron chi connectivity index (χ2n) is 12.4. The van der Waals surface area contributed by atoms with Crippen LogP contribution in [0.5, 0.6) is 0 Å². The first-order chi connectivity index (χ1) is 17.2. The van der Waals surface area contributed by atoms with Crippen LogP contribution in [0.1, 0.15) is 82.5 Å². The summed E-state index contributed by atoms with van der Waals surface area (Å²) in [6.07, 6.45) is 9.41. The van der Waals surface area contributed by atoms with Crippen molar-refractivity contribution in [1.82, 2.24) is 0 Å².